The lowest BCUT2D eigenvalue weighted by atomic mass is 10.0. The second kappa shape index (κ2) is 9.73. The number of anilines is 1. The van der Waals surface area contributed by atoms with Crippen LogP contribution in [0, 0.1) is 0 Å². The van der Waals surface area contributed by atoms with E-state index in [-0.39, 0.29) is 12.3 Å². The third-order valence-electron chi connectivity index (χ3n) is 4.45. The number of carbonyl (C=O) groups is 2. The standard InChI is InChI=1S/C21H26N2O3/c1-3-16-11-8-12-17(4-2)20(16)23-19(24)13-18(21(25)26)22-14-15-9-6-5-7-10-15/h5-12,18,22H,3-4,13-14H2,1-2H3,(H,23,24)(H,25,26)/t18-/m0/s1. The Hall–Kier alpha value is -2.66. The zero-order valence-electron chi connectivity index (χ0n) is 15.3. The summed E-state index contributed by atoms with van der Waals surface area (Å²) in [4.78, 5) is 23.9. The molecular formula is C21H26N2O3. The molecule has 0 aliphatic carbocycles. The summed E-state index contributed by atoms with van der Waals surface area (Å²) < 4.78 is 0. The van der Waals surface area contributed by atoms with Crippen LogP contribution in [0.25, 0.3) is 0 Å². The summed E-state index contributed by atoms with van der Waals surface area (Å²) in [5, 5.41) is 16.0. The van der Waals surface area contributed by atoms with Gasteiger partial charge in [-0.3, -0.25) is 4.79 Å². The molecule has 5 nitrogen and oxygen atoms in total. The van der Waals surface area contributed by atoms with Gasteiger partial charge in [-0.05, 0) is 24.0 Å². The van der Waals surface area contributed by atoms with Crippen LogP contribution in [0.4, 0.5) is 5.69 Å². The van der Waals surface area contributed by atoms with Crippen molar-refractivity contribution in [1.29, 1.82) is 0 Å². The van der Waals surface area contributed by atoms with Crippen LogP contribution in [0.3, 0.4) is 0 Å². The van der Waals surface area contributed by atoms with Crippen molar-refractivity contribution in [3.05, 3.63) is 65.2 Å². The Labute approximate surface area is 154 Å². The van der Waals surface area contributed by atoms with Gasteiger partial charge in [0, 0.05) is 11.3 Å². The van der Waals surface area contributed by atoms with Crippen LogP contribution in [-0.4, -0.2) is 17.9 Å². The van der Waals surface area contributed by atoms with E-state index in [1.807, 2.05) is 62.4 Å². The molecule has 0 aliphatic heterocycles. The van der Waals surface area contributed by atoms with E-state index in [1.165, 1.54) is 0 Å². The summed E-state index contributed by atoms with van der Waals surface area (Å²) in [5.74, 6) is -1.53. The van der Waals surface area contributed by atoms with Gasteiger partial charge in [0.15, 0.2) is 0 Å². The summed E-state index contributed by atoms with van der Waals surface area (Å²) in [6.07, 6.45) is 1.47. The lowest BCUT2D eigenvalue weighted by Crippen LogP contribution is -2.92. The van der Waals surface area contributed by atoms with Crippen molar-refractivity contribution in [2.24, 2.45) is 0 Å². The molecule has 0 saturated carbocycles. The van der Waals surface area contributed by atoms with Crippen LogP contribution in [0.5, 0.6) is 0 Å². The number of hydrogen-bond donors (Lipinski definition) is 2. The first kappa shape index (κ1) is 19.7. The Kier molecular flexibility index (Phi) is 7.36. The highest BCUT2D eigenvalue weighted by atomic mass is 16.4. The number of rotatable bonds is 9. The number of carboxylic acid groups (broad SMARTS) is 1. The van der Waals surface area contributed by atoms with Crippen molar-refractivity contribution in [1.82, 2.24) is 0 Å². The van der Waals surface area contributed by atoms with Gasteiger partial charge in [-0.15, -0.1) is 0 Å². The van der Waals surface area contributed by atoms with Gasteiger partial charge < -0.3 is 20.5 Å². The van der Waals surface area contributed by atoms with E-state index in [0.717, 1.165) is 35.2 Å². The Balaban J connectivity index is 2.03. The minimum absolute atomic E-state index is 0.129. The van der Waals surface area contributed by atoms with Crippen molar-refractivity contribution >= 4 is 17.6 Å². The number of hydrogen-bond acceptors (Lipinski definition) is 3. The number of benzene rings is 2. The van der Waals surface area contributed by atoms with E-state index in [2.05, 4.69) is 5.32 Å². The fraction of sp³-hybridized carbons (Fsp3) is 0.333. The Morgan fingerprint density at radius 3 is 2.15 bits per heavy atom. The molecule has 1 atom stereocenters. The average Bonchev–Trinajstić information content (AvgIpc) is 2.65. The lowest BCUT2D eigenvalue weighted by molar-refractivity contribution is -0.697. The third kappa shape index (κ3) is 5.43. The molecular weight excluding hydrogens is 328 g/mol. The molecule has 0 fully saturated rings. The van der Waals surface area contributed by atoms with Crippen LogP contribution >= 0.6 is 0 Å². The lowest BCUT2D eigenvalue weighted by Gasteiger charge is -2.18. The first-order valence-corrected chi connectivity index (χ1v) is 9.03. The summed E-state index contributed by atoms with van der Waals surface area (Å²) >= 11 is 0. The molecule has 0 bridgehead atoms. The van der Waals surface area contributed by atoms with Crippen molar-refractivity contribution in [2.45, 2.75) is 45.7 Å². The van der Waals surface area contributed by atoms with E-state index >= 15 is 0 Å². The number of amides is 1. The van der Waals surface area contributed by atoms with Gasteiger partial charge >= 0.3 is 0 Å². The number of aryl methyl sites for hydroxylation is 2. The highest BCUT2D eigenvalue weighted by Crippen LogP contribution is 2.22. The molecule has 2 rings (SSSR count). The van der Waals surface area contributed by atoms with Crippen molar-refractivity contribution in [3.63, 3.8) is 0 Å². The fourth-order valence-electron chi connectivity index (χ4n) is 2.95. The number of carboxylic acids is 1. The van der Waals surface area contributed by atoms with Gasteiger partial charge in [-0.2, -0.15) is 0 Å². The second-order valence-corrected chi connectivity index (χ2v) is 6.26. The van der Waals surface area contributed by atoms with Gasteiger partial charge in [0.1, 0.15) is 12.6 Å². The minimum Gasteiger partial charge on any atom is -0.544 e. The highest BCUT2D eigenvalue weighted by Gasteiger charge is 2.19. The molecule has 26 heavy (non-hydrogen) atoms. The summed E-state index contributed by atoms with van der Waals surface area (Å²) in [6, 6.07) is 14.6. The van der Waals surface area contributed by atoms with Gasteiger partial charge in [0.05, 0.1) is 12.4 Å². The molecule has 0 aliphatic rings. The van der Waals surface area contributed by atoms with Crippen LogP contribution in [0.15, 0.2) is 48.5 Å². The van der Waals surface area contributed by atoms with E-state index in [1.54, 1.807) is 5.32 Å². The molecule has 2 aromatic carbocycles. The maximum atomic E-state index is 12.5. The molecule has 0 unspecified atom stereocenters. The molecule has 2 aromatic rings. The van der Waals surface area contributed by atoms with Gasteiger partial charge in [-0.1, -0.05) is 62.4 Å². The van der Waals surface area contributed by atoms with Gasteiger partial charge in [-0.25, -0.2) is 0 Å². The first-order valence-electron chi connectivity index (χ1n) is 9.03. The first-order chi connectivity index (χ1) is 12.5. The van der Waals surface area contributed by atoms with Crippen LogP contribution < -0.4 is 15.7 Å². The Bertz CT molecular complexity index is 722. The molecule has 0 saturated heterocycles. The number of carbonyl (C=O) groups excluding carboxylic acids is 2. The number of nitrogens with one attached hydrogen (secondary N) is 1. The fourth-order valence-corrected chi connectivity index (χ4v) is 2.95. The topological polar surface area (TPSA) is 85.8 Å². The second-order valence-electron chi connectivity index (χ2n) is 6.26. The quantitative estimate of drug-likeness (QED) is 0.705. The molecule has 5 heteroatoms. The smallest absolute Gasteiger partial charge is 0.230 e. The third-order valence-corrected chi connectivity index (χ3v) is 4.45. The molecule has 138 valence electrons. The van der Waals surface area contributed by atoms with Crippen molar-refractivity contribution in [2.75, 3.05) is 5.32 Å². The van der Waals surface area contributed by atoms with E-state index in [4.69, 9.17) is 0 Å². The average molecular weight is 354 g/mol. The monoisotopic (exact) mass is 354 g/mol. The molecule has 3 N–H and O–H groups in total. The predicted molar refractivity (Wildman–Crippen MR) is 99.3 cm³/mol. The van der Waals surface area contributed by atoms with Crippen LogP contribution in [0.1, 0.15) is 37.0 Å². The summed E-state index contributed by atoms with van der Waals surface area (Å²) in [6.45, 7) is 4.54. The zero-order valence-corrected chi connectivity index (χ0v) is 15.3. The van der Waals surface area contributed by atoms with Crippen LogP contribution in [0.2, 0.25) is 0 Å². The highest BCUT2D eigenvalue weighted by molar-refractivity contribution is 5.94. The predicted octanol–water partition coefficient (Wildman–Crippen LogP) is 1.02. The number of nitrogens with two attached hydrogens (primary N) is 1. The largest absolute Gasteiger partial charge is 0.544 e. The maximum absolute atomic E-state index is 12.5. The maximum Gasteiger partial charge on any atom is 0.230 e. The van der Waals surface area contributed by atoms with Crippen molar-refractivity contribution in [3.8, 4) is 0 Å². The van der Waals surface area contributed by atoms with Gasteiger partial charge in [0.2, 0.25) is 5.91 Å². The van der Waals surface area contributed by atoms with Crippen molar-refractivity contribution < 1.29 is 20.0 Å². The van der Waals surface area contributed by atoms with E-state index in [9.17, 15) is 14.7 Å². The Morgan fingerprint density at radius 1 is 1.00 bits per heavy atom. The molecule has 0 radical (unpaired) electrons. The molecule has 1 amide bonds. The number of quaternary nitrogens is 1. The summed E-state index contributed by atoms with van der Waals surface area (Å²) in [7, 11) is 0. The minimum atomic E-state index is -1.23. The number of para-hydroxylation sites is 1. The van der Waals surface area contributed by atoms with E-state index < -0.39 is 12.0 Å². The summed E-state index contributed by atoms with van der Waals surface area (Å²) in [5.41, 5.74) is 3.92. The Morgan fingerprint density at radius 2 is 1.62 bits per heavy atom. The molecule has 0 aromatic heterocycles. The van der Waals surface area contributed by atoms with E-state index in [0.29, 0.717) is 6.54 Å². The normalized spacial score (nSPS) is 11.8. The number of aliphatic carboxylic acids is 1. The molecule has 0 heterocycles. The van der Waals surface area contributed by atoms with Gasteiger partial charge in [0.25, 0.3) is 0 Å². The molecule has 0 spiro atoms. The zero-order chi connectivity index (χ0) is 18.9. The SMILES string of the molecule is CCc1cccc(CC)c1NC(=O)C[C@H]([NH2+]Cc1ccccc1)C(=O)[O-]. The van der Waals surface area contributed by atoms with Crippen LogP contribution in [-0.2, 0) is 29.0 Å².